The number of hydrogen-bond donors (Lipinski definition) is 3. The van der Waals surface area contributed by atoms with Crippen molar-refractivity contribution in [3.8, 4) is 0 Å². The second-order valence-corrected chi connectivity index (χ2v) is 13.3. The van der Waals surface area contributed by atoms with Gasteiger partial charge in [-0.15, -0.1) is 0 Å². The van der Waals surface area contributed by atoms with Crippen molar-refractivity contribution in [2.45, 2.75) is 116 Å². The molecule has 0 spiro atoms. The van der Waals surface area contributed by atoms with Crippen molar-refractivity contribution in [2.75, 3.05) is 0 Å². The molecular formula is C29H46O4. The molecule has 0 amide bonds. The molecule has 3 fully saturated rings. The average molecular weight is 459 g/mol. The first-order chi connectivity index (χ1) is 15.3. The van der Waals surface area contributed by atoms with Crippen molar-refractivity contribution in [1.82, 2.24) is 0 Å². The number of carboxylic acid groups (broad SMARTS) is 1. The summed E-state index contributed by atoms with van der Waals surface area (Å²) in [5.41, 5.74) is 1.67. The molecule has 4 aliphatic rings. The summed E-state index contributed by atoms with van der Waals surface area (Å²) in [6.45, 7) is 11.2. The molecule has 0 aliphatic heterocycles. The summed E-state index contributed by atoms with van der Waals surface area (Å²) in [6.07, 6.45) is 14.7. The highest BCUT2D eigenvalue weighted by Gasteiger charge is 2.57. The molecule has 0 heterocycles. The molecule has 7 atom stereocenters. The van der Waals surface area contributed by atoms with Gasteiger partial charge in [-0.05, 0) is 99.7 Å². The zero-order valence-electron chi connectivity index (χ0n) is 21.5. The lowest BCUT2D eigenvalue weighted by atomic mass is 9.49. The Morgan fingerprint density at radius 2 is 1.85 bits per heavy atom. The molecule has 0 bridgehead atoms. The molecule has 0 unspecified atom stereocenters. The maximum absolute atomic E-state index is 11.3. The normalized spacial score (nSPS) is 41.4. The fourth-order valence-electron chi connectivity index (χ4n) is 8.52. The van der Waals surface area contributed by atoms with Gasteiger partial charge in [0.05, 0.1) is 17.6 Å². The Kier molecular flexibility index (Phi) is 6.45. The van der Waals surface area contributed by atoms with Gasteiger partial charge in [-0.3, -0.25) is 4.79 Å². The number of rotatable bonds is 7. The lowest BCUT2D eigenvalue weighted by Gasteiger charge is -2.56. The van der Waals surface area contributed by atoms with Crippen molar-refractivity contribution in [3.63, 3.8) is 0 Å². The van der Waals surface area contributed by atoms with Gasteiger partial charge in [-0.1, -0.05) is 56.9 Å². The van der Waals surface area contributed by atoms with E-state index in [-0.39, 0.29) is 11.8 Å². The van der Waals surface area contributed by atoms with Gasteiger partial charge < -0.3 is 15.3 Å². The number of allylic oxidation sites excluding steroid dienone is 3. The Morgan fingerprint density at radius 3 is 2.52 bits per heavy atom. The number of carbonyl (C=O) groups is 1. The van der Waals surface area contributed by atoms with E-state index in [1.54, 1.807) is 5.57 Å². The first-order valence-electron chi connectivity index (χ1n) is 13.4. The van der Waals surface area contributed by atoms with E-state index >= 15 is 0 Å². The molecule has 0 radical (unpaired) electrons. The van der Waals surface area contributed by atoms with Crippen LogP contribution < -0.4 is 0 Å². The van der Waals surface area contributed by atoms with Gasteiger partial charge in [0.25, 0.3) is 0 Å². The van der Waals surface area contributed by atoms with E-state index in [2.05, 4.69) is 32.9 Å². The van der Waals surface area contributed by atoms with Crippen molar-refractivity contribution in [2.24, 2.45) is 34.5 Å². The molecular weight excluding hydrogens is 412 g/mol. The van der Waals surface area contributed by atoms with Crippen LogP contribution in [0, 0.1) is 34.5 Å². The second-order valence-electron chi connectivity index (χ2n) is 13.3. The summed E-state index contributed by atoms with van der Waals surface area (Å²) in [5.74, 6) is 1.71. The van der Waals surface area contributed by atoms with E-state index in [1.165, 1.54) is 37.7 Å². The molecule has 0 aromatic rings. The van der Waals surface area contributed by atoms with E-state index in [0.717, 1.165) is 25.2 Å². The van der Waals surface area contributed by atoms with Crippen LogP contribution in [-0.2, 0) is 4.79 Å². The molecule has 0 aromatic carbocycles. The van der Waals surface area contributed by atoms with Gasteiger partial charge in [0.2, 0.25) is 0 Å². The molecule has 3 saturated carbocycles. The zero-order chi connectivity index (χ0) is 24.2. The first-order valence-corrected chi connectivity index (χ1v) is 13.4. The summed E-state index contributed by atoms with van der Waals surface area (Å²) < 4.78 is 0. The molecule has 4 aliphatic carbocycles. The van der Waals surface area contributed by atoms with Crippen molar-refractivity contribution in [1.29, 1.82) is 0 Å². The number of hydrogen-bond acceptors (Lipinski definition) is 3. The van der Waals surface area contributed by atoms with Crippen molar-refractivity contribution >= 4 is 5.97 Å². The lowest BCUT2D eigenvalue weighted by Crippen LogP contribution is -2.49. The van der Waals surface area contributed by atoms with E-state index in [4.69, 9.17) is 0 Å². The van der Waals surface area contributed by atoms with Crippen LogP contribution in [0.5, 0.6) is 0 Å². The highest BCUT2D eigenvalue weighted by Crippen LogP contribution is 2.66. The van der Waals surface area contributed by atoms with Crippen LogP contribution in [0.1, 0.15) is 105 Å². The molecule has 4 rings (SSSR count). The largest absolute Gasteiger partial charge is 0.481 e. The van der Waals surface area contributed by atoms with Gasteiger partial charge in [-0.2, -0.15) is 0 Å². The van der Waals surface area contributed by atoms with E-state index in [1.807, 2.05) is 13.8 Å². The molecule has 4 nitrogen and oxygen atoms in total. The van der Waals surface area contributed by atoms with Gasteiger partial charge in [0.15, 0.2) is 0 Å². The first kappa shape index (κ1) is 25.0. The highest BCUT2D eigenvalue weighted by molar-refractivity contribution is 5.68. The zero-order valence-corrected chi connectivity index (χ0v) is 21.5. The smallest absolute Gasteiger partial charge is 0.306 e. The van der Waals surface area contributed by atoms with Crippen LogP contribution >= 0.6 is 0 Å². The average Bonchev–Trinajstić information content (AvgIpc) is 3.04. The van der Waals surface area contributed by atoms with Gasteiger partial charge >= 0.3 is 5.97 Å². The molecule has 186 valence electrons. The summed E-state index contributed by atoms with van der Waals surface area (Å²) in [6, 6.07) is 0. The molecule has 0 aromatic heterocycles. The summed E-state index contributed by atoms with van der Waals surface area (Å²) >= 11 is 0. The Balaban J connectivity index is 1.52. The maximum atomic E-state index is 11.3. The molecule has 0 saturated heterocycles. The summed E-state index contributed by atoms with van der Waals surface area (Å²) in [5, 5.41) is 30.3. The third kappa shape index (κ3) is 4.59. The molecule has 33 heavy (non-hydrogen) atoms. The minimum atomic E-state index is -1.09. The van der Waals surface area contributed by atoms with Crippen molar-refractivity contribution in [3.05, 3.63) is 23.3 Å². The fraction of sp³-hybridized carbons (Fsp3) is 0.828. The van der Waals surface area contributed by atoms with Gasteiger partial charge in [0, 0.05) is 0 Å². The van der Waals surface area contributed by atoms with Crippen LogP contribution in [-0.4, -0.2) is 32.5 Å². The van der Waals surface area contributed by atoms with Gasteiger partial charge in [-0.25, -0.2) is 0 Å². The molecule has 3 N–H and O–H groups in total. The Labute approximate surface area is 200 Å². The van der Waals surface area contributed by atoms with Crippen LogP contribution in [0.3, 0.4) is 0 Å². The van der Waals surface area contributed by atoms with E-state index in [0.29, 0.717) is 36.0 Å². The predicted octanol–water partition coefficient (Wildman–Crippen LogP) is 6.27. The lowest BCUT2D eigenvalue weighted by molar-refractivity contribution is -0.144. The Hall–Kier alpha value is -1.13. The van der Waals surface area contributed by atoms with Crippen molar-refractivity contribution < 1.29 is 20.1 Å². The van der Waals surface area contributed by atoms with E-state index < -0.39 is 17.2 Å². The van der Waals surface area contributed by atoms with Crippen LogP contribution in [0.15, 0.2) is 23.3 Å². The monoisotopic (exact) mass is 458 g/mol. The quantitative estimate of drug-likeness (QED) is 0.420. The minimum Gasteiger partial charge on any atom is -0.481 e. The number of carboxylic acids is 1. The minimum absolute atomic E-state index is 0.0621. The third-order valence-electron chi connectivity index (χ3n) is 10.4. The summed E-state index contributed by atoms with van der Waals surface area (Å²) in [7, 11) is 0. The van der Waals surface area contributed by atoms with Crippen LogP contribution in [0.25, 0.3) is 0 Å². The maximum Gasteiger partial charge on any atom is 0.306 e. The Bertz CT molecular complexity index is 835. The topological polar surface area (TPSA) is 77.8 Å². The van der Waals surface area contributed by atoms with Crippen LogP contribution in [0.4, 0.5) is 0 Å². The molecule has 4 heteroatoms. The van der Waals surface area contributed by atoms with E-state index in [9.17, 15) is 20.1 Å². The number of fused-ring (bicyclic) bond motifs is 5. The third-order valence-corrected chi connectivity index (χ3v) is 10.4. The number of aliphatic carboxylic acids is 1. The predicted molar refractivity (Wildman–Crippen MR) is 132 cm³/mol. The second kappa shape index (κ2) is 8.52. The Morgan fingerprint density at radius 1 is 1.12 bits per heavy atom. The van der Waals surface area contributed by atoms with Crippen LogP contribution in [0.2, 0.25) is 0 Å². The summed E-state index contributed by atoms with van der Waals surface area (Å²) in [4.78, 5) is 11.3. The standard InChI is InChI=1S/C29H46O4/c1-19(7-6-13-26(2,3)32)22-10-11-23-21-9-8-20-17-29(33,18-25(30)31)16-15-27(20,4)24(21)12-14-28(22,23)5/h8-9,19,22-24,32-33H,6-7,10-18H2,1-5H3,(H,30,31)/t19-,22-,23+,24+,27+,28-,29+/m1/s1. The fourth-order valence-corrected chi connectivity index (χ4v) is 8.52. The highest BCUT2D eigenvalue weighted by atomic mass is 16.4. The SMILES string of the molecule is C[C@H](CCCC(C)(C)O)[C@H]1CC[C@H]2C3=CC=C4C[C@](O)(CC(=O)O)CC[C@]4(C)[C@H]3CC[C@]12C. The number of aliphatic hydroxyl groups is 2. The van der Waals surface area contributed by atoms with Gasteiger partial charge in [0.1, 0.15) is 0 Å².